The lowest BCUT2D eigenvalue weighted by Gasteiger charge is -2.08. The Morgan fingerprint density at radius 1 is 1.25 bits per heavy atom. The zero-order valence-electron chi connectivity index (χ0n) is 11.7. The van der Waals surface area contributed by atoms with E-state index in [1.54, 1.807) is 24.1 Å². The third-order valence-electron chi connectivity index (χ3n) is 2.51. The van der Waals surface area contributed by atoms with Crippen LogP contribution in [0, 0.1) is 0 Å². The fourth-order valence-electron chi connectivity index (χ4n) is 1.56. The van der Waals surface area contributed by atoms with E-state index in [0.717, 1.165) is 26.2 Å². The molecule has 0 fully saturated rings. The summed E-state index contributed by atoms with van der Waals surface area (Å²) in [5, 5.41) is 10.2. The molecule has 8 nitrogen and oxygen atoms in total. The Morgan fingerprint density at radius 2 is 2.10 bits per heavy atom. The van der Waals surface area contributed by atoms with Crippen molar-refractivity contribution in [1.82, 2.24) is 24.7 Å². The van der Waals surface area contributed by atoms with Crippen molar-refractivity contribution in [2.24, 2.45) is 0 Å². The van der Waals surface area contributed by atoms with E-state index in [1.165, 1.54) is 0 Å². The molecule has 108 valence electrons. The number of nitrogens with one attached hydrogen (secondary N) is 2. The van der Waals surface area contributed by atoms with Gasteiger partial charge in [0.05, 0.1) is 0 Å². The van der Waals surface area contributed by atoms with Crippen LogP contribution in [0.25, 0.3) is 5.95 Å². The van der Waals surface area contributed by atoms with Crippen molar-refractivity contribution in [1.29, 1.82) is 0 Å². The second kappa shape index (κ2) is 7.39. The molecular weight excluding hydrogens is 258 g/mol. The first-order valence-corrected chi connectivity index (χ1v) is 6.59. The molecule has 2 heterocycles. The molecule has 0 atom stereocenters. The normalized spacial score (nSPS) is 10.5. The third kappa shape index (κ3) is 3.89. The number of rotatable bonds is 8. The molecule has 0 aromatic carbocycles. The Balaban J connectivity index is 2.03. The van der Waals surface area contributed by atoms with Gasteiger partial charge in [-0.25, -0.2) is 4.68 Å². The molecule has 20 heavy (non-hydrogen) atoms. The molecule has 8 heteroatoms. The zero-order valence-corrected chi connectivity index (χ0v) is 11.7. The summed E-state index contributed by atoms with van der Waals surface area (Å²) in [6.45, 7) is 4.18. The van der Waals surface area contributed by atoms with Crippen LogP contribution in [0.2, 0.25) is 0 Å². The lowest BCUT2D eigenvalue weighted by atomic mass is 10.4. The van der Waals surface area contributed by atoms with Gasteiger partial charge < -0.3 is 15.4 Å². The van der Waals surface area contributed by atoms with Crippen LogP contribution in [-0.2, 0) is 4.74 Å². The topological polar surface area (TPSA) is 89.8 Å². The van der Waals surface area contributed by atoms with Gasteiger partial charge in [0.15, 0.2) is 0 Å². The maximum Gasteiger partial charge on any atom is 0.257 e. The van der Waals surface area contributed by atoms with Crippen molar-refractivity contribution >= 4 is 11.9 Å². The van der Waals surface area contributed by atoms with E-state index in [0.29, 0.717) is 17.8 Å². The fourth-order valence-corrected chi connectivity index (χ4v) is 1.56. The van der Waals surface area contributed by atoms with Crippen molar-refractivity contribution in [3.8, 4) is 5.95 Å². The summed E-state index contributed by atoms with van der Waals surface area (Å²) >= 11 is 0. The molecule has 2 aromatic rings. The summed E-state index contributed by atoms with van der Waals surface area (Å²) in [5.74, 6) is 1.49. The van der Waals surface area contributed by atoms with Gasteiger partial charge >= 0.3 is 0 Å². The van der Waals surface area contributed by atoms with Crippen LogP contribution in [-0.4, -0.2) is 51.5 Å². The van der Waals surface area contributed by atoms with Gasteiger partial charge in [0.2, 0.25) is 11.9 Å². The van der Waals surface area contributed by atoms with Crippen LogP contribution >= 0.6 is 0 Å². The van der Waals surface area contributed by atoms with Gasteiger partial charge in [0.25, 0.3) is 5.95 Å². The molecule has 0 spiro atoms. The molecule has 0 saturated heterocycles. The van der Waals surface area contributed by atoms with Crippen molar-refractivity contribution in [2.45, 2.75) is 13.3 Å². The van der Waals surface area contributed by atoms with Crippen LogP contribution in [0.4, 0.5) is 11.9 Å². The molecule has 0 amide bonds. The van der Waals surface area contributed by atoms with E-state index in [2.05, 4.69) is 30.7 Å². The van der Waals surface area contributed by atoms with Crippen molar-refractivity contribution in [3.05, 3.63) is 18.5 Å². The van der Waals surface area contributed by atoms with E-state index < -0.39 is 0 Å². The standard InChI is InChI=1S/C12H19N7O/c1-3-20-9-5-6-14-11-16-10(13-2)17-12(18-11)19-8-4-7-15-19/h4,7-8H,3,5-6,9H2,1-2H3,(H2,13,14,16,17,18). The largest absolute Gasteiger partial charge is 0.382 e. The number of anilines is 2. The molecule has 0 aliphatic rings. The maximum atomic E-state index is 5.28. The monoisotopic (exact) mass is 277 g/mol. The molecule has 0 bridgehead atoms. The second-order valence-electron chi connectivity index (χ2n) is 3.96. The summed E-state index contributed by atoms with van der Waals surface area (Å²) in [5.41, 5.74) is 0. The molecule has 2 aromatic heterocycles. The molecular formula is C12H19N7O. The average Bonchev–Trinajstić information content (AvgIpc) is 3.01. The Bertz CT molecular complexity index is 515. The molecule has 2 rings (SSSR count). The average molecular weight is 277 g/mol. The van der Waals surface area contributed by atoms with E-state index in [1.807, 2.05) is 13.0 Å². The van der Waals surface area contributed by atoms with Crippen molar-refractivity contribution in [3.63, 3.8) is 0 Å². The van der Waals surface area contributed by atoms with Gasteiger partial charge in [-0.05, 0) is 19.4 Å². The summed E-state index contributed by atoms with van der Waals surface area (Å²) in [7, 11) is 1.76. The maximum absolute atomic E-state index is 5.28. The molecule has 0 aliphatic heterocycles. The molecule has 0 radical (unpaired) electrons. The van der Waals surface area contributed by atoms with Crippen LogP contribution in [0.5, 0.6) is 0 Å². The highest BCUT2D eigenvalue weighted by Crippen LogP contribution is 2.08. The smallest absolute Gasteiger partial charge is 0.257 e. The van der Waals surface area contributed by atoms with E-state index in [4.69, 9.17) is 4.74 Å². The predicted molar refractivity (Wildman–Crippen MR) is 76.1 cm³/mol. The Hall–Kier alpha value is -2.22. The highest BCUT2D eigenvalue weighted by molar-refractivity contribution is 5.37. The lowest BCUT2D eigenvalue weighted by Crippen LogP contribution is -2.13. The third-order valence-corrected chi connectivity index (χ3v) is 2.51. The zero-order chi connectivity index (χ0) is 14.2. The SMILES string of the molecule is CCOCCCNc1nc(NC)nc(-n2cccn2)n1. The minimum Gasteiger partial charge on any atom is -0.382 e. The minimum absolute atomic E-state index is 0.474. The quantitative estimate of drug-likeness (QED) is 0.694. The summed E-state index contributed by atoms with van der Waals surface area (Å²) in [4.78, 5) is 12.8. The number of hydrogen-bond acceptors (Lipinski definition) is 7. The van der Waals surface area contributed by atoms with Gasteiger partial charge in [-0.1, -0.05) is 0 Å². The Morgan fingerprint density at radius 3 is 2.80 bits per heavy atom. The fraction of sp³-hybridized carbons (Fsp3) is 0.500. The van der Waals surface area contributed by atoms with Crippen LogP contribution in [0.1, 0.15) is 13.3 Å². The van der Waals surface area contributed by atoms with Gasteiger partial charge in [-0.15, -0.1) is 0 Å². The molecule has 0 saturated carbocycles. The Labute approximate surface area is 117 Å². The summed E-state index contributed by atoms with van der Waals surface area (Å²) < 4.78 is 6.87. The molecule has 0 aliphatic carbocycles. The first kappa shape index (κ1) is 14.2. The van der Waals surface area contributed by atoms with Crippen molar-refractivity contribution in [2.75, 3.05) is 37.4 Å². The number of hydrogen-bond donors (Lipinski definition) is 2. The van der Waals surface area contributed by atoms with Gasteiger partial charge in [0.1, 0.15) is 0 Å². The van der Waals surface area contributed by atoms with Gasteiger partial charge in [0, 0.05) is 39.2 Å². The minimum atomic E-state index is 0.474. The van der Waals surface area contributed by atoms with Crippen molar-refractivity contribution < 1.29 is 4.74 Å². The van der Waals surface area contributed by atoms with Gasteiger partial charge in [-0.3, -0.25) is 0 Å². The van der Waals surface area contributed by atoms with Crippen LogP contribution in [0.3, 0.4) is 0 Å². The molecule has 0 unspecified atom stereocenters. The predicted octanol–water partition coefficient (Wildman–Crippen LogP) is 0.937. The van der Waals surface area contributed by atoms with E-state index in [-0.39, 0.29) is 0 Å². The highest BCUT2D eigenvalue weighted by Gasteiger charge is 2.07. The van der Waals surface area contributed by atoms with E-state index in [9.17, 15) is 0 Å². The summed E-state index contributed by atoms with van der Waals surface area (Å²) in [6.07, 6.45) is 4.36. The first-order valence-electron chi connectivity index (χ1n) is 6.59. The highest BCUT2D eigenvalue weighted by atomic mass is 16.5. The number of nitrogens with zero attached hydrogens (tertiary/aromatic N) is 5. The Kier molecular flexibility index (Phi) is 5.24. The van der Waals surface area contributed by atoms with E-state index >= 15 is 0 Å². The lowest BCUT2D eigenvalue weighted by molar-refractivity contribution is 0.147. The van der Waals surface area contributed by atoms with Gasteiger partial charge in [-0.2, -0.15) is 20.1 Å². The summed E-state index contributed by atoms with van der Waals surface area (Å²) in [6, 6.07) is 1.82. The van der Waals surface area contributed by atoms with Crippen LogP contribution < -0.4 is 10.6 Å². The van der Waals surface area contributed by atoms with Crippen LogP contribution in [0.15, 0.2) is 18.5 Å². The number of aromatic nitrogens is 5. The molecule has 2 N–H and O–H groups in total. The second-order valence-corrected chi connectivity index (χ2v) is 3.96. The first-order chi connectivity index (χ1) is 9.83. The number of ether oxygens (including phenoxy) is 1.